The molecule has 0 radical (unpaired) electrons. The molecule has 314 valence electrons. The maximum atomic E-state index is 14.7. The monoisotopic (exact) mass is 830 g/mol. The van der Waals surface area contributed by atoms with Gasteiger partial charge in [-0.2, -0.15) is 13.2 Å². The fourth-order valence-electron chi connectivity index (χ4n) is 7.68. The Morgan fingerprint density at radius 1 is 1.09 bits per heavy atom. The third kappa shape index (κ3) is 8.23. The van der Waals surface area contributed by atoms with Crippen molar-refractivity contribution in [1.82, 2.24) is 20.3 Å². The SMILES string of the molecule is C[C@@H]1CC/C=C\[C@@H]2C[C@@]2(C(=O)NS(=O)(=O)C2(CF)CC2)NC(=O)[C@@H]2C[C@@H](C3Oc4ccc(C(=O)O)cc4O3)CN2C(=O)[C@@H](NC(=O)OC(C)(C)C(F)(F)F)[C@H](C)C1. The van der Waals surface area contributed by atoms with Crippen LogP contribution in [-0.2, 0) is 29.1 Å². The standard InChI is InChI=1S/C37H46F4N4O11S/c1-19-7-5-6-8-23-16-36(23,32(50)44-57(52,53)35(18-38)11-12-35)43-28(46)24-14-22(31-54-25-10-9-21(30(48)49)15-26(25)55-31)17-45(24)29(47)27(20(2)13-19)42-33(51)56-34(3,4)37(39,40)41/h6,8-10,15,19-20,22-24,27,31H,5,7,11-14,16-18H2,1-4H3,(H,42,51)(H,43,46)(H,44,50)(H,48,49)/b8-6-/t19-,20-,22-,23-,24+,27+,31?,36-/m1/s1. The first kappa shape index (κ1) is 42.0. The second-order valence-corrected chi connectivity index (χ2v) is 18.5. The van der Waals surface area contributed by atoms with Crippen LogP contribution in [0.1, 0.15) is 83.0 Å². The van der Waals surface area contributed by atoms with E-state index in [-0.39, 0.29) is 55.2 Å². The minimum atomic E-state index is -4.95. The summed E-state index contributed by atoms with van der Waals surface area (Å²) in [7, 11) is -4.48. The van der Waals surface area contributed by atoms with E-state index in [1.54, 1.807) is 19.1 Å². The number of nitrogens with zero attached hydrogens (tertiary/aromatic N) is 1. The molecule has 4 amide bonds. The molecule has 8 atom stereocenters. The summed E-state index contributed by atoms with van der Waals surface area (Å²) in [5, 5.41) is 14.4. The van der Waals surface area contributed by atoms with E-state index in [2.05, 4.69) is 10.6 Å². The molecule has 57 heavy (non-hydrogen) atoms. The number of ether oxygens (including phenoxy) is 3. The molecular weight excluding hydrogens is 784 g/mol. The number of carbonyl (C=O) groups is 5. The molecule has 0 aromatic heterocycles. The van der Waals surface area contributed by atoms with Crippen molar-refractivity contribution < 1.29 is 69.3 Å². The number of nitrogens with one attached hydrogen (secondary N) is 3. The molecule has 2 saturated carbocycles. The van der Waals surface area contributed by atoms with Gasteiger partial charge in [-0.05, 0) is 88.8 Å². The fraction of sp³-hybridized carbons (Fsp3) is 0.649. The lowest BCUT2D eigenvalue weighted by Gasteiger charge is -2.34. The topological polar surface area (TPSA) is 207 Å². The van der Waals surface area contributed by atoms with Crippen molar-refractivity contribution in [1.29, 1.82) is 0 Å². The van der Waals surface area contributed by atoms with Crippen LogP contribution in [-0.4, -0.2) is 102 Å². The number of alkyl carbamates (subject to hydrolysis) is 1. The normalized spacial score (nSPS) is 31.7. The molecule has 15 nitrogen and oxygen atoms in total. The van der Waals surface area contributed by atoms with Crippen LogP contribution in [0.5, 0.6) is 11.5 Å². The molecule has 20 heteroatoms. The smallest absolute Gasteiger partial charge is 0.427 e. The van der Waals surface area contributed by atoms with E-state index in [1.807, 2.05) is 11.6 Å². The van der Waals surface area contributed by atoms with E-state index in [1.165, 1.54) is 18.2 Å². The highest BCUT2D eigenvalue weighted by molar-refractivity contribution is 7.91. The quantitative estimate of drug-likeness (QED) is 0.218. The summed E-state index contributed by atoms with van der Waals surface area (Å²) >= 11 is 0. The van der Waals surface area contributed by atoms with Crippen LogP contribution in [0.4, 0.5) is 22.4 Å². The summed E-state index contributed by atoms with van der Waals surface area (Å²) in [4.78, 5) is 68.7. The predicted octanol–water partition coefficient (Wildman–Crippen LogP) is 3.97. The van der Waals surface area contributed by atoms with E-state index in [4.69, 9.17) is 14.2 Å². The van der Waals surface area contributed by atoms with Crippen LogP contribution in [0.3, 0.4) is 0 Å². The number of alkyl halides is 4. The number of allylic oxidation sites excluding steroid dienone is 1. The van der Waals surface area contributed by atoms with Crippen molar-refractivity contribution in [2.24, 2.45) is 23.7 Å². The number of rotatable bonds is 8. The van der Waals surface area contributed by atoms with Crippen LogP contribution < -0.4 is 24.8 Å². The molecule has 1 aromatic rings. The third-order valence-corrected chi connectivity index (χ3v) is 13.8. The molecule has 5 aliphatic rings. The zero-order valence-corrected chi connectivity index (χ0v) is 32.5. The maximum absolute atomic E-state index is 14.7. The number of halogens is 4. The van der Waals surface area contributed by atoms with Crippen LogP contribution in [0.2, 0.25) is 0 Å². The average Bonchev–Trinajstić information content (AvgIpc) is 3.96. The number of fused-ring (bicyclic) bond motifs is 3. The van der Waals surface area contributed by atoms with Gasteiger partial charge in [0.2, 0.25) is 33.7 Å². The van der Waals surface area contributed by atoms with Gasteiger partial charge >= 0.3 is 18.2 Å². The molecule has 3 aliphatic heterocycles. The Labute approximate surface area is 326 Å². The van der Waals surface area contributed by atoms with Gasteiger partial charge in [0.1, 0.15) is 29.0 Å². The lowest BCUT2D eigenvalue weighted by molar-refractivity contribution is -0.244. The fourth-order valence-corrected chi connectivity index (χ4v) is 9.10. The van der Waals surface area contributed by atoms with E-state index >= 15 is 0 Å². The second-order valence-electron chi connectivity index (χ2n) is 16.4. The lowest BCUT2D eigenvalue weighted by atomic mass is 9.88. The minimum Gasteiger partial charge on any atom is -0.478 e. The van der Waals surface area contributed by atoms with Crippen molar-refractivity contribution in [3.8, 4) is 11.5 Å². The van der Waals surface area contributed by atoms with E-state index in [0.29, 0.717) is 33.1 Å². The molecule has 3 fully saturated rings. The van der Waals surface area contributed by atoms with Crippen LogP contribution >= 0.6 is 0 Å². The summed E-state index contributed by atoms with van der Waals surface area (Å²) < 4.78 is 98.0. The van der Waals surface area contributed by atoms with Gasteiger partial charge in [0.25, 0.3) is 5.91 Å². The number of carbonyl (C=O) groups excluding carboxylic acids is 4. The highest BCUT2D eigenvalue weighted by Gasteiger charge is 2.64. The van der Waals surface area contributed by atoms with E-state index < -0.39 is 105 Å². The summed E-state index contributed by atoms with van der Waals surface area (Å²) in [6.07, 6.45) is -3.01. The summed E-state index contributed by atoms with van der Waals surface area (Å²) in [6.45, 7) is 3.34. The van der Waals surface area contributed by atoms with Crippen LogP contribution in [0.15, 0.2) is 30.4 Å². The predicted molar refractivity (Wildman–Crippen MR) is 191 cm³/mol. The van der Waals surface area contributed by atoms with Gasteiger partial charge in [-0.1, -0.05) is 26.0 Å². The van der Waals surface area contributed by atoms with Crippen molar-refractivity contribution >= 4 is 39.8 Å². The number of hydrogen-bond donors (Lipinski definition) is 4. The highest BCUT2D eigenvalue weighted by atomic mass is 32.2. The molecule has 1 saturated heterocycles. The molecule has 2 aliphatic carbocycles. The van der Waals surface area contributed by atoms with Gasteiger partial charge in [-0.25, -0.2) is 22.4 Å². The first-order valence-electron chi connectivity index (χ1n) is 18.7. The molecule has 1 unspecified atom stereocenters. The van der Waals surface area contributed by atoms with Gasteiger partial charge in [0.05, 0.1) is 11.5 Å². The van der Waals surface area contributed by atoms with Crippen molar-refractivity contribution in [2.75, 3.05) is 13.2 Å². The zero-order valence-electron chi connectivity index (χ0n) is 31.7. The van der Waals surface area contributed by atoms with Crippen LogP contribution in [0.25, 0.3) is 0 Å². The van der Waals surface area contributed by atoms with Crippen molar-refractivity contribution in [3.63, 3.8) is 0 Å². The maximum Gasteiger partial charge on any atom is 0.427 e. The third-order valence-electron chi connectivity index (χ3n) is 11.7. The van der Waals surface area contributed by atoms with Gasteiger partial charge in [0, 0.05) is 12.5 Å². The Kier molecular flexibility index (Phi) is 11.0. The van der Waals surface area contributed by atoms with Gasteiger partial charge in [-0.3, -0.25) is 19.1 Å². The molecule has 3 heterocycles. The van der Waals surface area contributed by atoms with Crippen molar-refractivity contribution in [2.45, 2.75) is 113 Å². The molecule has 0 bridgehead atoms. The Morgan fingerprint density at radius 2 is 1.77 bits per heavy atom. The first-order valence-corrected chi connectivity index (χ1v) is 20.2. The Hall–Kier alpha value is -4.62. The van der Waals surface area contributed by atoms with E-state index in [0.717, 1.165) is 4.90 Å². The van der Waals surface area contributed by atoms with Crippen LogP contribution in [0, 0.1) is 23.7 Å². The first-order chi connectivity index (χ1) is 26.5. The number of carboxylic acids is 1. The number of hydrogen-bond acceptors (Lipinski definition) is 10. The van der Waals surface area contributed by atoms with Gasteiger partial charge in [-0.15, -0.1) is 0 Å². The second kappa shape index (κ2) is 15.0. The zero-order chi connectivity index (χ0) is 41.9. The summed E-state index contributed by atoms with van der Waals surface area (Å²) in [5.74, 6) is -6.05. The number of aromatic carboxylic acids is 1. The average molecular weight is 831 g/mol. The Morgan fingerprint density at radius 3 is 2.40 bits per heavy atom. The number of sulfonamides is 1. The number of benzene rings is 1. The Bertz CT molecular complexity index is 1960. The van der Waals surface area contributed by atoms with Gasteiger partial charge in [0.15, 0.2) is 11.5 Å². The largest absolute Gasteiger partial charge is 0.478 e. The highest BCUT2D eigenvalue weighted by Crippen LogP contribution is 2.48. The number of amides is 4. The van der Waals surface area contributed by atoms with Crippen molar-refractivity contribution in [3.05, 3.63) is 35.9 Å². The van der Waals surface area contributed by atoms with Gasteiger partial charge < -0.3 is 34.9 Å². The summed E-state index contributed by atoms with van der Waals surface area (Å²) in [6, 6.07) is 0.997. The Balaban J connectivity index is 1.33. The summed E-state index contributed by atoms with van der Waals surface area (Å²) in [5.41, 5.74) is -4.82. The lowest BCUT2D eigenvalue weighted by Crippen LogP contribution is -2.60. The molecular formula is C37H46F4N4O11S. The molecule has 6 rings (SSSR count). The minimum absolute atomic E-state index is 0.00912. The number of carboxylic acid groups (broad SMARTS) is 1. The van der Waals surface area contributed by atoms with E-state index in [9.17, 15) is 55.1 Å². The molecule has 0 spiro atoms. The molecule has 1 aromatic carbocycles. The molecule has 4 N–H and O–H groups in total.